The Morgan fingerprint density at radius 2 is 2.55 bits per heavy atom. The molecular weight excluding hydrogens is 148 g/mol. The van der Waals surface area contributed by atoms with E-state index in [1.54, 1.807) is 0 Å². The number of nitrogen functional groups attached to an aromatic ring is 1. The van der Waals surface area contributed by atoms with Gasteiger partial charge in [-0.2, -0.15) is 4.68 Å². The van der Waals surface area contributed by atoms with Gasteiger partial charge >= 0.3 is 5.82 Å². The summed E-state index contributed by atoms with van der Waals surface area (Å²) >= 11 is 0. The molecule has 2 N–H and O–H groups in total. The monoisotopic (exact) mass is 156 g/mol. The minimum absolute atomic E-state index is 0.204. The van der Waals surface area contributed by atoms with Gasteiger partial charge < -0.3 is 15.8 Å². The van der Waals surface area contributed by atoms with Crippen molar-refractivity contribution >= 4 is 11.6 Å². The lowest BCUT2D eigenvalue weighted by Gasteiger charge is -1.88. The second kappa shape index (κ2) is 2.57. The fourth-order valence-electron chi connectivity index (χ4n) is 0.760. The summed E-state index contributed by atoms with van der Waals surface area (Å²) in [4.78, 5) is 9.59. The molecule has 0 aliphatic heterocycles. The van der Waals surface area contributed by atoms with E-state index in [1.165, 1.54) is 10.7 Å². The molecule has 0 saturated heterocycles. The molecular formula is C5H8N4O2. The van der Waals surface area contributed by atoms with E-state index in [1.807, 2.05) is 6.92 Å². The zero-order chi connectivity index (χ0) is 8.43. The lowest BCUT2D eigenvalue weighted by molar-refractivity contribution is -0.389. The molecule has 0 spiro atoms. The van der Waals surface area contributed by atoms with E-state index in [2.05, 4.69) is 5.10 Å². The van der Waals surface area contributed by atoms with E-state index < -0.39 is 4.92 Å². The topological polar surface area (TPSA) is 87.0 Å². The van der Waals surface area contributed by atoms with E-state index in [4.69, 9.17) is 5.73 Å². The highest BCUT2D eigenvalue weighted by Gasteiger charge is 2.13. The summed E-state index contributed by atoms with van der Waals surface area (Å²) < 4.78 is 1.37. The van der Waals surface area contributed by atoms with Crippen molar-refractivity contribution < 1.29 is 4.92 Å². The Labute approximate surface area is 62.8 Å². The molecule has 0 aromatic carbocycles. The summed E-state index contributed by atoms with van der Waals surface area (Å²) in [7, 11) is 0. The highest BCUT2D eigenvalue weighted by molar-refractivity contribution is 5.37. The van der Waals surface area contributed by atoms with Crippen molar-refractivity contribution in [3.63, 3.8) is 0 Å². The van der Waals surface area contributed by atoms with Crippen LogP contribution in [0, 0.1) is 10.1 Å². The predicted octanol–water partition coefficient (Wildman–Crippen LogP) is 0.393. The van der Waals surface area contributed by atoms with Crippen LogP contribution in [-0.4, -0.2) is 14.7 Å². The van der Waals surface area contributed by atoms with E-state index >= 15 is 0 Å². The predicted molar refractivity (Wildman–Crippen MR) is 39.0 cm³/mol. The first-order chi connectivity index (χ1) is 5.15. The maximum atomic E-state index is 10.2. The molecule has 0 unspecified atom stereocenters. The quantitative estimate of drug-likeness (QED) is 0.495. The standard InChI is InChI=1S/C5H8N4O2/c1-2-8-4(6)3-5(7-8)9(10)11/h3H,2,6H2,1H3. The summed E-state index contributed by atoms with van der Waals surface area (Å²) in [6.07, 6.45) is 0. The molecule has 6 heteroatoms. The number of nitro groups is 1. The van der Waals surface area contributed by atoms with Crippen molar-refractivity contribution in [3.8, 4) is 0 Å². The van der Waals surface area contributed by atoms with Crippen molar-refractivity contribution in [3.05, 3.63) is 16.2 Å². The number of hydrogen-bond donors (Lipinski definition) is 1. The molecule has 1 aromatic heterocycles. The van der Waals surface area contributed by atoms with Crippen LogP contribution < -0.4 is 5.73 Å². The van der Waals surface area contributed by atoms with Crippen LogP contribution in [0.2, 0.25) is 0 Å². The summed E-state index contributed by atoms with van der Waals surface area (Å²) in [6, 6.07) is 1.24. The molecule has 0 atom stereocenters. The molecule has 1 heterocycles. The van der Waals surface area contributed by atoms with Crippen LogP contribution in [0.1, 0.15) is 6.92 Å². The zero-order valence-corrected chi connectivity index (χ0v) is 6.02. The van der Waals surface area contributed by atoms with Crippen molar-refractivity contribution in [1.82, 2.24) is 9.78 Å². The Hall–Kier alpha value is -1.59. The summed E-state index contributed by atoms with van der Waals surface area (Å²) in [5.41, 5.74) is 5.39. The molecule has 0 saturated carbocycles. The average Bonchev–Trinajstić information content (AvgIpc) is 2.31. The molecule has 0 amide bonds. The van der Waals surface area contributed by atoms with Crippen molar-refractivity contribution in [2.75, 3.05) is 5.73 Å². The number of nitrogens with zero attached hydrogens (tertiary/aromatic N) is 3. The fraction of sp³-hybridized carbons (Fsp3) is 0.400. The number of anilines is 1. The molecule has 0 aliphatic rings. The van der Waals surface area contributed by atoms with Gasteiger partial charge in [-0.15, -0.1) is 0 Å². The summed E-state index contributed by atoms with van der Waals surface area (Å²) in [6.45, 7) is 2.35. The van der Waals surface area contributed by atoms with E-state index in [0.717, 1.165) is 0 Å². The van der Waals surface area contributed by atoms with Gasteiger partial charge in [0.25, 0.3) is 0 Å². The fourth-order valence-corrected chi connectivity index (χ4v) is 0.760. The number of rotatable bonds is 2. The molecule has 1 aromatic rings. The van der Waals surface area contributed by atoms with E-state index in [0.29, 0.717) is 12.4 Å². The van der Waals surface area contributed by atoms with Gasteiger partial charge in [0.05, 0.1) is 17.7 Å². The van der Waals surface area contributed by atoms with Gasteiger partial charge in [-0.25, -0.2) is 0 Å². The van der Waals surface area contributed by atoms with Crippen molar-refractivity contribution in [2.24, 2.45) is 0 Å². The second-order valence-electron chi connectivity index (χ2n) is 2.00. The SMILES string of the molecule is CCn1nc([N+](=O)[O-])cc1N. The third-order valence-electron chi connectivity index (χ3n) is 1.28. The molecule has 60 valence electrons. The van der Waals surface area contributed by atoms with Gasteiger partial charge in [-0.1, -0.05) is 0 Å². The summed E-state index contributed by atoms with van der Waals surface area (Å²) in [5, 5.41) is 13.8. The van der Waals surface area contributed by atoms with E-state index in [-0.39, 0.29) is 5.82 Å². The first-order valence-electron chi connectivity index (χ1n) is 3.13. The minimum atomic E-state index is -0.567. The highest BCUT2D eigenvalue weighted by atomic mass is 16.6. The first kappa shape index (κ1) is 7.52. The van der Waals surface area contributed by atoms with Crippen molar-refractivity contribution in [2.45, 2.75) is 13.5 Å². The molecule has 0 aliphatic carbocycles. The van der Waals surface area contributed by atoms with Crippen LogP contribution in [0.25, 0.3) is 0 Å². The van der Waals surface area contributed by atoms with Crippen molar-refractivity contribution in [1.29, 1.82) is 0 Å². The van der Waals surface area contributed by atoms with Crippen LogP contribution >= 0.6 is 0 Å². The average molecular weight is 156 g/mol. The summed E-state index contributed by atoms with van der Waals surface area (Å²) in [5.74, 6) is 0.114. The Kier molecular flexibility index (Phi) is 1.75. The Balaban J connectivity index is 3.05. The Bertz CT molecular complexity index is 280. The molecule has 0 fully saturated rings. The molecule has 6 nitrogen and oxygen atoms in total. The number of nitrogens with two attached hydrogens (primary N) is 1. The number of hydrogen-bond acceptors (Lipinski definition) is 4. The smallest absolute Gasteiger partial charge is 0.382 e. The molecule has 0 bridgehead atoms. The van der Waals surface area contributed by atoms with Crippen LogP contribution in [0.5, 0.6) is 0 Å². The third kappa shape index (κ3) is 1.28. The van der Waals surface area contributed by atoms with Gasteiger partial charge in [-0.3, -0.25) is 0 Å². The third-order valence-corrected chi connectivity index (χ3v) is 1.28. The minimum Gasteiger partial charge on any atom is -0.382 e. The maximum Gasteiger partial charge on any atom is 0.392 e. The van der Waals surface area contributed by atoms with Gasteiger partial charge in [0.1, 0.15) is 0 Å². The Morgan fingerprint density at radius 3 is 2.82 bits per heavy atom. The van der Waals surface area contributed by atoms with E-state index in [9.17, 15) is 10.1 Å². The number of aromatic nitrogens is 2. The highest BCUT2D eigenvalue weighted by Crippen LogP contribution is 2.12. The molecule has 1 rings (SSSR count). The van der Waals surface area contributed by atoms with Gasteiger partial charge in [-0.05, 0) is 11.8 Å². The maximum absolute atomic E-state index is 10.2. The lowest BCUT2D eigenvalue weighted by Crippen LogP contribution is -2.01. The normalized spacial score (nSPS) is 9.91. The molecule has 11 heavy (non-hydrogen) atoms. The van der Waals surface area contributed by atoms with Crippen LogP contribution in [-0.2, 0) is 6.54 Å². The largest absolute Gasteiger partial charge is 0.392 e. The lowest BCUT2D eigenvalue weighted by atomic mass is 10.6. The first-order valence-corrected chi connectivity index (χ1v) is 3.13. The Morgan fingerprint density at radius 1 is 1.91 bits per heavy atom. The van der Waals surface area contributed by atoms with Crippen LogP contribution in [0.3, 0.4) is 0 Å². The second-order valence-corrected chi connectivity index (χ2v) is 2.00. The van der Waals surface area contributed by atoms with Crippen LogP contribution in [0.15, 0.2) is 6.07 Å². The van der Waals surface area contributed by atoms with Gasteiger partial charge in [0.15, 0.2) is 5.82 Å². The number of aryl methyl sites for hydroxylation is 1. The molecule has 0 radical (unpaired) electrons. The van der Waals surface area contributed by atoms with Gasteiger partial charge in [0.2, 0.25) is 0 Å². The van der Waals surface area contributed by atoms with Crippen LogP contribution in [0.4, 0.5) is 11.6 Å². The van der Waals surface area contributed by atoms with Gasteiger partial charge in [0, 0.05) is 0 Å². The zero-order valence-electron chi connectivity index (χ0n) is 6.02.